The van der Waals surface area contributed by atoms with E-state index in [1.807, 2.05) is 4.90 Å². The molecule has 2 aliphatic heterocycles. The maximum absolute atomic E-state index is 12.5. The van der Waals surface area contributed by atoms with Gasteiger partial charge in [0.2, 0.25) is 5.91 Å². The number of hydrogen-bond donors (Lipinski definition) is 0. The molecule has 24 heavy (non-hydrogen) atoms. The van der Waals surface area contributed by atoms with Gasteiger partial charge in [-0.1, -0.05) is 44.2 Å². The fourth-order valence-electron chi connectivity index (χ4n) is 4.09. The van der Waals surface area contributed by atoms with Crippen molar-refractivity contribution in [2.45, 2.75) is 33.2 Å². The van der Waals surface area contributed by atoms with Crippen LogP contribution in [0.15, 0.2) is 30.3 Å². The zero-order chi connectivity index (χ0) is 17.2. The first-order chi connectivity index (χ1) is 11.5. The van der Waals surface area contributed by atoms with Crippen molar-refractivity contribution in [2.75, 3.05) is 39.4 Å². The van der Waals surface area contributed by atoms with Crippen LogP contribution in [0, 0.1) is 11.3 Å². The maximum atomic E-state index is 12.5. The number of rotatable bonds is 4. The van der Waals surface area contributed by atoms with Crippen molar-refractivity contribution in [3.63, 3.8) is 0 Å². The molecular formula is C20H30N2O2. The molecule has 0 bridgehead atoms. The molecule has 1 amide bonds. The van der Waals surface area contributed by atoms with Crippen LogP contribution in [0.5, 0.6) is 0 Å². The Morgan fingerprint density at radius 1 is 1.17 bits per heavy atom. The topological polar surface area (TPSA) is 32.8 Å². The number of likely N-dealkylation sites (tertiary alicyclic amines) is 1. The minimum atomic E-state index is -0.0501. The van der Waals surface area contributed by atoms with Crippen LogP contribution in [-0.2, 0) is 9.53 Å². The number of ether oxygens (including phenoxy) is 1. The largest absolute Gasteiger partial charge is 0.379 e. The van der Waals surface area contributed by atoms with Crippen LogP contribution in [0.3, 0.4) is 0 Å². The number of carbonyl (C=O) groups excluding carboxylic acids is 1. The zero-order valence-electron chi connectivity index (χ0n) is 15.2. The minimum Gasteiger partial charge on any atom is -0.379 e. The van der Waals surface area contributed by atoms with Crippen molar-refractivity contribution < 1.29 is 9.53 Å². The lowest BCUT2D eigenvalue weighted by Crippen LogP contribution is -2.42. The summed E-state index contributed by atoms with van der Waals surface area (Å²) in [6.07, 6.45) is 0.623. The number of benzene rings is 1. The van der Waals surface area contributed by atoms with Gasteiger partial charge in [-0.2, -0.15) is 0 Å². The van der Waals surface area contributed by atoms with Gasteiger partial charge in [-0.3, -0.25) is 9.69 Å². The van der Waals surface area contributed by atoms with Crippen molar-refractivity contribution >= 4 is 5.91 Å². The third kappa shape index (κ3) is 3.81. The second-order valence-corrected chi connectivity index (χ2v) is 7.95. The summed E-state index contributed by atoms with van der Waals surface area (Å²) in [6, 6.07) is 11.0. The molecule has 2 fully saturated rings. The van der Waals surface area contributed by atoms with E-state index in [0.717, 1.165) is 32.8 Å². The Hall–Kier alpha value is -1.39. The monoisotopic (exact) mass is 330 g/mol. The van der Waals surface area contributed by atoms with Gasteiger partial charge in [0.1, 0.15) is 0 Å². The van der Waals surface area contributed by atoms with Crippen molar-refractivity contribution in [2.24, 2.45) is 11.3 Å². The fourth-order valence-corrected chi connectivity index (χ4v) is 4.09. The first-order valence-electron chi connectivity index (χ1n) is 9.14. The van der Waals surface area contributed by atoms with Crippen molar-refractivity contribution in [3.8, 4) is 0 Å². The van der Waals surface area contributed by atoms with E-state index in [2.05, 4.69) is 56.0 Å². The summed E-state index contributed by atoms with van der Waals surface area (Å²) in [5.41, 5.74) is 1.28. The molecule has 0 N–H and O–H groups in total. The van der Waals surface area contributed by atoms with Crippen LogP contribution in [0.25, 0.3) is 0 Å². The molecule has 1 aromatic rings. The van der Waals surface area contributed by atoms with E-state index in [9.17, 15) is 4.79 Å². The van der Waals surface area contributed by atoms with Gasteiger partial charge in [0, 0.05) is 44.1 Å². The molecule has 2 heterocycles. The Bertz CT molecular complexity index is 560. The molecular weight excluding hydrogens is 300 g/mol. The Labute approximate surface area is 145 Å². The lowest BCUT2D eigenvalue weighted by atomic mass is 9.86. The predicted octanol–water partition coefficient (Wildman–Crippen LogP) is 2.95. The molecule has 2 saturated heterocycles. The molecule has 1 aromatic carbocycles. The smallest absolute Gasteiger partial charge is 0.223 e. The van der Waals surface area contributed by atoms with Crippen molar-refractivity contribution in [1.29, 1.82) is 0 Å². The second kappa shape index (κ2) is 7.24. The van der Waals surface area contributed by atoms with E-state index in [1.54, 1.807) is 0 Å². The Balaban J connectivity index is 1.74. The van der Waals surface area contributed by atoms with Crippen LogP contribution < -0.4 is 0 Å². The van der Waals surface area contributed by atoms with Gasteiger partial charge < -0.3 is 9.64 Å². The second-order valence-electron chi connectivity index (χ2n) is 7.95. The molecule has 0 saturated carbocycles. The molecule has 132 valence electrons. The maximum Gasteiger partial charge on any atom is 0.223 e. The van der Waals surface area contributed by atoms with E-state index in [0.29, 0.717) is 30.9 Å². The number of nitrogens with zero attached hydrogens (tertiary/aromatic N) is 2. The highest BCUT2D eigenvalue weighted by Gasteiger charge is 2.46. The van der Waals surface area contributed by atoms with Gasteiger partial charge in [-0.05, 0) is 18.4 Å². The minimum absolute atomic E-state index is 0.0501. The zero-order valence-corrected chi connectivity index (χ0v) is 15.2. The molecule has 2 aliphatic rings. The molecule has 0 unspecified atom stereocenters. The molecule has 4 nitrogen and oxygen atoms in total. The van der Waals surface area contributed by atoms with E-state index < -0.39 is 0 Å². The summed E-state index contributed by atoms with van der Waals surface area (Å²) >= 11 is 0. The van der Waals surface area contributed by atoms with E-state index in [4.69, 9.17) is 4.74 Å². The van der Waals surface area contributed by atoms with Gasteiger partial charge in [0.15, 0.2) is 0 Å². The average molecular weight is 330 g/mol. The summed E-state index contributed by atoms with van der Waals surface area (Å²) in [4.78, 5) is 17.0. The predicted molar refractivity (Wildman–Crippen MR) is 95.7 cm³/mol. The summed E-state index contributed by atoms with van der Waals surface area (Å²) in [7, 11) is 0. The Morgan fingerprint density at radius 2 is 1.92 bits per heavy atom. The molecule has 0 aromatic heterocycles. The first-order valence-corrected chi connectivity index (χ1v) is 9.14. The molecule has 1 spiro atoms. The van der Waals surface area contributed by atoms with Gasteiger partial charge in [0.25, 0.3) is 0 Å². The number of carbonyl (C=O) groups is 1. The highest BCUT2D eigenvalue weighted by Crippen LogP contribution is 2.37. The summed E-state index contributed by atoms with van der Waals surface area (Å²) in [6.45, 7) is 11.6. The highest BCUT2D eigenvalue weighted by molar-refractivity contribution is 5.79. The number of amides is 1. The van der Waals surface area contributed by atoms with Gasteiger partial charge in [-0.25, -0.2) is 0 Å². The molecule has 2 atom stereocenters. The number of hydrogen-bond acceptors (Lipinski definition) is 3. The van der Waals surface area contributed by atoms with E-state index in [1.165, 1.54) is 5.56 Å². The summed E-state index contributed by atoms with van der Waals surface area (Å²) < 4.78 is 5.93. The Morgan fingerprint density at radius 3 is 2.62 bits per heavy atom. The fraction of sp³-hybridized carbons (Fsp3) is 0.650. The highest BCUT2D eigenvalue weighted by atomic mass is 16.5. The quantitative estimate of drug-likeness (QED) is 0.851. The van der Waals surface area contributed by atoms with E-state index >= 15 is 0 Å². The molecule has 3 rings (SSSR count). The average Bonchev–Trinajstić information content (AvgIpc) is 2.72. The molecule has 0 aliphatic carbocycles. The molecule has 0 radical (unpaired) electrons. The van der Waals surface area contributed by atoms with Crippen LogP contribution in [0.4, 0.5) is 0 Å². The molecule has 4 heteroatoms. The SMILES string of the molecule is CC(C)CN1C[C@@]2(COCCN([C@@H](C)c3ccccc3)C2)CC1=O. The standard InChI is InChI=1S/C20H30N2O2/c1-16(2)12-22-14-20(11-19(22)23)13-21(9-10-24-15-20)17(3)18-7-5-4-6-8-18/h4-8,16-17H,9-15H2,1-3H3/t17-,20+/m0/s1. The van der Waals surface area contributed by atoms with Crippen LogP contribution in [0.1, 0.15) is 38.8 Å². The lowest BCUT2D eigenvalue weighted by molar-refractivity contribution is -0.128. The summed E-state index contributed by atoms with van der Waals surface area (Å²) in [5.74, 6) is 0.802. The first kappa shape index (κ1) is 17.4. The third-order valence-electron chi connectivity index (χ3n) is 5.29. The van der Waals surface area contributed by atoms with E-state index in [-0.39, 0.29) is 5.41 Å². The summed E-state index contributed by atoms with van der Waals surface area (Å²) in [5, 5.41) is 0. The van der Waals surface area contributed by atoms with Gasteiger partial charge in [-0.15, -0.1) is 0 Å². The third-order valence-corrected chi connectivity index (χ3v) is 5.29. The van der Waals surface area contributed by atoms with Gasteiger partial charge >= 0.3 is 0 Å². The van der Waals surface area contributed by atoms with Crippen LogP contribution >= 0.6 is 0 Å². The van der Waals surface area contributed by atoms with Gasteiger partial charge in [0.05, 0.1) is 13.2 Å². The van der Waals surface area contributed by atoms with Crippen molar-refractivity contribution in [3.05, 3.63) is 35.9 Å². The lowest BCUT2D eigenvalue weighted by Gasteiger charge is -2.35. The van der Waals surface area contributed by atoms with Crippen LogP contribution in [-0.4, -0.2) is 55.1 Å². The van der Waals surface area contributed by atoms with Crippen molar-refractivity contribution in [1.82, 2.24) is 9.80 Å². The normalized spacial score (nSPS) is 27.0. The van der Waals surface area contributed by atoms with Crippen LogP contribution in [0.2, 0.25) is 0 Å². The Kier molecular flexibility index (Phi) is 5.26.